The first-order chi connectivity index (χ1) is 8.20. The number of aromatic hydroxyl groups is 2. The summed E-state index contributed by atoms with van der Waals surface area (Å²) >= 11 is 0. The third kappa shape index (κ3) is 2.50. The van der Waals surface area contributed by atoms with Crippen LogP contribution in [0.15, 0.2) is 11.0 Å². The molecule has 0 radical (unpaired) electrons. The molecule has 0 unspecified atom stereocenters. The monoisotopic (exact) mass is 279 g/mol. The van der Waals surface area contributed by atoms with E-state index < -0.39 is 37.1 Å². The highest BCUT2D eigenvalue weighted by Crippen LogP contribution is 2.42. The van der Waals surface area contributed by atoms with Gasteiger partial charge in [0.15, 0.2) is 4.90 Å². The summed E-state index contributed by atoms with van der Waals surface area (Å²) in [6.07, 6.45) is 0. The van der Waals surface area contributed by atoms with Gasteiger partial charge in [-0.3, -0.25) is 14.7 Å². The number of hydrogen-bond donors (Lipinski definition) is 3. The average molecular weight is 279 g/mol. The standard InChI is InChI=1S/C8H9NO8S/c1-17-3-4-2-5(10)8(18(14,15)16)7(11)6(4)9(12)13/h2,10-11H,3H2,1H3,(H,14,15,16). The molecule has 0 spiro atoms. The maximum atomic E-state index is 10.9. The highest BCUT2D eigenvalue weighted by Gasteiger charge is 2.32. The summed E-state index contributed by atoms with van der Waals surface area (Å²) in [5, 5.41) is 29.6. The summed E-state index contributed by atoms with van der Waals surface area (Å²) in [5.41, 5.74) is -1.19. The molecule has 0 amide bonds. The van der Waals surface area contributed by atoms with E-state index in [0.29, 0.717) is 0 Å². The van der Waals surface area contributed by atoms with Gasteiger partial charge in [0.2, 0.25) is 5.75 Å². The van der Waals surface area contributed by atoms with E-state index in [1.807, 2.05) is 0 Å². The first-order valence-electron chi connectivity index (χ1n) is 4.38. The Bertz CT molecular complexity index is 594. The summed E-state index contributed by atoms with van der Waals surface area (Å²) in [5.74, 6) is -2.35. The number of nitro benzene ring substituents is 1. The molecule has 0 aliphatic heterocycles. The molecule has 0 saturated carbocycles. The summed E-state index contributed by atoms with van der Waals surface area (Å²) in [6.45, 7) is -0.330. The average Bonchev–Trinajstić information content (AvgIpc) is 2.13. The van der Waals surface area contributed by atoms with Crippen molar-refractivity contribution in [1.82, 2.24) is 0 Å². The Morgan fingerprint density at radius 3 is 2.39 bits per heavy atom. The van der Waals surface area contributed by atoms with E-state index in [0.717, 1.165) is 6.07 Å². The Balaban J connectivity index is 3.72. The van der Waals surface area contributed by atoms with Gasteiger partial charge in [0, 0.05) is 7.11 Å². The molecule has 18 heavy (non-hydrogen) atoms. The number of benzene rings is 1. The van der Waals surface area contributed by atoms with Gasteiger partial charge in [0.05, 0.1) is 17.1 Å². The van der Waals surface area contributed by atoms with Crippen LogP contribution in [0.3, 0.4) is 0 Å². The van der Waals surface area contributed by atoms with Crippen LogP contribution in [0.4, 0.5) is 5.69 Å². The molecule has 0 aromatic heterocycles. The fraction of sp³-hybridized carbons (Fsp3) is 0.250. The highest BCUT2D eigenvalue weighted by atomic mass is 32.2. The number of phenols is 2. The second-order valence-corrected chi connectivity index (χ2v) is 4.60. The molecule has 1 rings (SSSR count). The lowest BCUT2D eigenvalue weighted by molar-refractivity contribution is -0.387. The van der Waals surface area contributed by atoms with Gasteiger partial charge in [-0.05, 0) is 6.07 Å². The summed E-state index contributed by atoms with van der Waals surface area (Å²) in [6, 6.07) is 0.727. The zero-order chi connectivity index (χ0) is 14.1. The van der Waals surface area contributed by atoms with Crippen LogP contribution < -0.4 is 0 Å². The third-order valence-corrected chi connectivity index (χ3v) is 2.95. The number of rotatable bonds is 4. The maximum Gasteiger partial charge on any atom is 0.317 e. The Morgan fingerprint density at radius 1 is 1.44 bits per heavy atom. The molecular formula is C8H9NO8S. The lowest BCUT2D eigenvalue weighted by Gasteiger charge is -2.08. The number of phenolic OH excluding ortho intramolecular Hbond substituents is 2. The van der Waals surface area contributed by atoms with Crippen LogP contribution in [0, 0.1) is 10.1 Å². The quantitative estimate of drug-likeness (QED) is 0.407. The van der Waals surface area contributed by atoms with Crippen molar-refractivity contribution in [2.45, 2.75) is 11.5 Å². The number of methoxy groups -OCH3 is 1. The van der Waals surface area contributed by atoms with Crippen molar-refractivity contribution >= 4 is 15.8 Å². The van der Waals surface area contributed by atoms with Gasteiger partial charge in [-0.2, -0.15) is 8.42 Å². The Hall–Kier alpha value is -1.91. The van der Waals surface area contributed by atoms with E-state index in [1.165, 1.54) is 7.11 Å². The second-order valence-electron chi connectivity index (χ2n) is 3.25. The van der Waals surface area contributed by atoms with E-state index >= 15 is 0 Å². The smallest absolute Gasteiger partial charge is 0.317 e. The number of hydrogen-bond acceptors (Lipinski definition) is 7. The van der Waals surface area contributed by atoms with Crippen LogP contribution in [-0.2, 0) is 21.5 Å². The van der Waals surface area contributed by atoms with E-state index in [9.17, 15) is 28.7 Å². The Labute approximate surface area is 101 Å². The SMILES string of the molecule is COCc1cc(O)c(S(=O)(=O)O)c(O)c1[N+](=O)[O-]. The van der Waals surface area contributed by atoms with E-state index in [1.54, 1.807) is 0 Å². The van der Waals surface area contributed by atoms with Gasteiger partial charge in [-0.25, -0.2) is 0 Å². The van der Waals surface area contributed by atoms with Crippen LogP contribution >= 0.6 is 0 Å². The molecule has 9 nitrogen and oxygen atoms in total. The van der Waals surface area contributed by atoms with Crippen LogP contribution in [0.2, 0.25) is 0 Å². The lowest BCUT2D eigenvalue weighted by atomic mass is 10.1. The predicted octanol–water partition coefficient (Wildman–Crippen LogP) is 0.399. The molecule has 0 fully saturated rings. The Kier molecular flexibility index (Phi) is 3.74. The Morgan fingerprint density at radius 2 is 2.00 bits per heavy atom. The molecule has 10 heteroatoms. The summed E-state index contributed by atoms with van der Waals surface area (Å²) in [4.78, 5) is 8.38. The molecule has 3 N–H and O–H groups in total. The van der Waals surface area contributed by atoms with Crippen molar-refractivity contribution in [1.29, 1.82) is 0 Å². The molecule has 0 heterocycles. The zero-order valence-electron chi connectivity index (χ0n) is 9.02. The van der Waals surface area contributed by atoms with Crippen molar-refractivity contribution in [2.24, 2.45) is 0 Å². The summed E-state index contributed by atoms with van der Waals surface area (Å²) in [7, 11) is -3.78. The minimum atomic E-state index is -5.00. The molecule has 0 saturated heterocycles. The molecular weight excluding hydrogens is 270 g/mol. The first kappa shape index (κ1) is 14.2. The van der Waals surface area contributed by atoms with E-state index in [4.69, 9.17) is 4.55 Å². The van der Waals surface area contributed by atoms with Crippen molar-refractivity contribution in [3.05, 3.63) is 21.7 Å². The molecule has 1 aromatic rings. The van der Waals surface area contributed by atoms with Gasteiger partial charge in [0.1, 0.15) is 5.75 Å². The van der Waals surface area contributed by atoms with Crippen molar-refractivity contribution in [3.63, 3.8) is 0 Å². The van der Waals surface area contributed by atoms with Gasteiger partial charge < -0.3 is 14.9 Å². The molecule has 0 bridgehead atoms. The zero-order valence-corrected chi connectivity index (χ0v) is 9.84. The first-order valence-corrected chi connectivity index (χ1v) is 5.82. The topological polar surface area (TPSA) is 147 Å². The molecule has 0 aliphatic rings. The number of nitrogens with zero attached hydrogens (tertiary/aromatic N) is 1. The largest absolute Gasteiger partial charge is 0.506 e. The van der Waals surface area contributed by atoms with Crippen molar-refractivity contribution in [2.75, 3.05) is 7.11 Å². The minimum absolute atomic E-state index is 0.232. The summed E-state index contributed by atoms with van der Waals surface area (Å²) < 4.78 is 35.2. The van der Waals surface area contributed by atoms with E-state index in [-0.39, 0.29) is 12.2 Å². The maximum absolute atomic E-state index is 10.9. The normalized spacial score (nSPS) is 11.4. The minimum Gasteiger partial charge on any atom is -0.506 e. The second kappa shape index (κ2) is 4.76. The molecule has 1 aromatic carbocycles. The van der Waals surface area contributed by atoms with Crippen molar-refractivity contribution in [3.8, 4) is 11.5 Å². The number of nitro groups is 1. The van der Waals surface area contributed by atoms with Crippen molar-refractivity contribution < 1.29 is 32.8 Å². The highest BCUT2D eigenvalue weighted by molar-refractivity contribution is 7.86. The third-order valence-electron chi connectivity index (χ3n) is 2.03. The van der Waals surface area contributed by atoms with Gasteiger partial charge in [-0.1, -0.05) is 0 Å². The molecule has 0 aliphatic carbocycles. The van der Waals surface area contributed by atoms with Crippen LogP contribution in [0.25, 0.3) is 0 Å². The van der Waals surface area contributed by atoms with Crippen LogP contribution in [0.1, 0.15) is 5.56 Å². The van der Waals surface area contributed by atoms with Gasteiger partial charge >= 0.3 is 15.8 Å². The fourth-order valence-corrected chi connectivity index (χ4v) is 2.07. The van der Waals surface area contributed by atoms with Gasteiger partial charge in [0.25, 0.3) is 0 Å². The molecule has 100 valence electrons. The number of ether oxygens (including phenoxy) is 1. The van der Waals surface area contributed by atoms with Crippen LogP contribution in [0.5, 0.6) is 11.5 Å². The fourth-order valence-electron chi connectivity index (χ4n) is 1.40. The lowest BCUT2D eigenvalue weighted by Crippen LogP contribution is -2.04. The van der Waals surface area contributed by atoms with E-state index in [2.05, 4.69) is 4.74 Å². The van der Waals surface area contributed by atoms with Gasteiger partial charge in [-0.15, -0.1) is 0 Å². The predicted molar refractivity (Wildman–Crippen MR) is 57.0 cm³/mol. The van der Waals surface area contributed by atoms with Crippen LogP contribution in [-0.4, -0.2) is 35.2 Å². The molecule has 0 atom stereocenters.